The van der Waals surface area contributed by atoms with Crippen LogP contribution >= 0.6 is 0 Å². The summed E-state index contributed by atoms with van der Waals surface area (Å²) in [6.45, 7) is 7.02. The van der Waals surface area contributed by atoms with Crippen LogP contribution in [0.25, 0.3) is 0 Å². The van der Waals surface area contributed by atoms with Gasteiger partial charge >= 0.3 is 5.97 Å². The number of hydrogen-bond donors (Lipinski definition) is 1. The Labute approximate surface area is 119 Å². The van der Waals surface area contributed by atoms with Crippen LogP contribution < -0.4 is 0 Å². The normalized spacial score (nSPS) is 25.1. The van der Waals surface area contributed by atoms with Crippen molar-refractivity contribution in [2.75, 3.05) is 6.61 Å². The Morgan fingerprint density at radius 1 is 1.40 bits per heavy atom. The quantitative estimate of drug-likeness (QED) is 0.611. The minimum atomic E-state index is -1.40. The van der Waals surface area contributed by atoms with Gasteiger partial charge in [0, 0.05) is 18.3 Å². The van der Waals surface area contributed by atoms with Gasteiger partial charge in [-0.1, -0.05) is 13.8 Å². The first-order valence-corrected chi connectivity index (χ1v) is 6.73. The lowest BCUT2D eigenvalue weighted by Gasteiger charge is -2.45. The van der Waals surface area contributed by atoms with Gasteiger partial charge in [-0.15, -0.1) is 0 Å². The Kier molecular flexibility index (Phi) is 4.86. The highest BCUT2D eigenvalue weighted by Crippen LogP contribution is 2.45. The highest BCUT2D eigenvalue weighted by molar-refractivity contribution is 5.97. The molecule has 0 aromatic rings. The minimum absolute atomic E-state index is 0.0602. The van der Waals surface area contributed by atoms with Gasteiger partial charge in [0.05, 0.1) is 12.2 Å². The third kappa shape index (κ3) is 3.33. The number of rotatable bonds is 5. The molecular formula is C15H22O5. The van der Waals surface area contributed by atoms with Crippen LogP contribution in [0.5, 0.6) is 0 Å². The number of ketones is 2. The van der Waals surface area contributed by atoms with E-state index < -0.39 is 17.0 Å². The van der Waals surface area contributed by atoms with Crippen molar-refractivity contribution in [1.82, 2.24) is 0 Å². The van der Waals surface area contributed by atoms with Crippen LogP contribution in [-0.4, -0.2) is 34.9 Å². The van der Waals surface area contributed by atoms with Crippen LogP contribution in [0.2, 0.25) is 0 Å². The number of ether oxygens (including phenoxy) is 1. The molecule has 1 aliphatic rings. The van der Waals surface area contributed by atoms with Gasteiger partial charge in [0.2, 0.25) is 0 Å². The maximum atomic E-state index is 11.9. The number of Topliss-reactive ketones (excluding diaryl/α,β-unsaturated/α-hetero) is 1. The second-order valence-corrected chi connectivity index (χ2v) is 5.91. The van der Waals surface area contributed by atoms with Gasteiger partial charge in [-0.2, -0.15) is 0 Å². The van der Waals surface area contributed by atoms with E-state index in [-0.39, 0.29) is 37.4 Å². The van der Waals surface area contributed by atoms with Crippen molar-refractivity contribution < 1.29 is 24.2 Å². The smallest absolute Gasteiger partial charge is 0.313 e. The van der Waals surface area contributed by atoms with E-state index in [1.165, 1.54) is 6.08 Å². The molecule has 0 spiro atoms. The van der Waals surface area contributed by atoms with E-state index in [4.69, 9.17) is 4.74 Å². The zero-order valence-electron chi connectivity index (χ0n) is 12.5. The van der Waals surface area contributed by atoms with Crippen molar-refractivity contribution in [2.45, 2.75) is 52.6 Å². The molecule has 0 aromatic carbocycles. The first-order valence-electron chi connectivity index (χ1n) is 6.73. The lowest BCUT2D eigenvalue weighted by atomic mass is 9.63. The number of aliphatic hydroxyl groups is 1. The van der Waals surface area contributed by atoms with Gasteiger partial charge in [0.25, 0.3) is 0 Å². The summed E-state index contributed by atoms with van der Waals surface area (Å²) < 4.78 is 4.72. The number of allylic oxidation sites excluding steroid dienone is 1. The van der Waals surface area contributed by atoms with Crippen molar-refractivity contribution in [3.8, 4) is 0 Å². The Morgan fingerprint density at radius 2 is 2.00 bits per heavy atom. The summed E-state index contributed by atoms with van der Waals surface area (Å²) in [4.78, 5) is 34.8. The van der Waals surface area contributed by atoms with E-state index in [2.05, 4.69) is 0 Å². The maximum absolute atomic E-state index is 11.9. The molecule has 0 radical (unpaired) electrons. The van der Waals surface area contributed by atoms with Crippen molar-refractivity contribution in [3.05, 3.63) is 11.6 Å². The van der Waals surface area contributed by atoms with E-state index >= 15 is 0 Å². The fourth-order valence-electron chi connectivity index (χ4n) is 2.63. The highest BCUT2D eigenvalue weighted by Gasteiger charge is 2.49. The summed E-state index contributed by atoms with van der Waals surface area (Å²) in [6, 6.07) is 0. The Morgan fingerprint density at radius 3 is 2.50 bits per heavy atom. The van der Waals surface area contributed by atoms with Crippen molar-refractivity contribution in [2.24, 2.45) is 5.41 Å². The molecule has 1 aliphatic carbocycles. The summed E-state index contributed by atoms with van der Waals surface area (Å²) in [7, 11) is 0. The maximum Gasteiger partial charge on any atom is 0.313 e. The molecule has 1 N–H and O–H groups in total. The lowest BCUT2D eigenvalue weighted by Crippen LogP contribution is -2.50. The summed E-state index contributed by atoms with van der Waals surface area (Å²) >= 11 is 0. The van der Waals surface area contributed by atoms with Crippen LogP contribution in [0, 0.1) is 5.41 Å². The van der Waals surface area contributed by atoms with Gasteiger partial charge < -0.3 is 9.84 Å². The van der Waals surface area contributed by atoms with Gasteiger partial charge in [-0.3, -0.25) is 14.4 Å². The van der Waals surface area contributed by atoms with Crippen LogP contribution in [0.1, 0.15) is 47.0 Å². The topological polar surface area (TPSA) is 80.7 Å². The standard InChI is InChI=1S/C15H22O5/c1-5-20-13(18)7-12(17)9-15(19)10(2)6-11(16)8-14(15,3)4/h6,19H,5,7-9H2,1-4H3. The lowest BCUT2D eigenvalue weighted by molar-refractivity contribution is -0.148. The minimum Gasteiger partial charge on any atom is -0.466 e. The average Bonchev–Trinajstić information content (AvgIpc) is 2.25. The van der Waals surface area contributed by atoms with E-state index in [1.54, 1.807) is 27.7 Å². The van der Waals surface area contributed by atoms with Crippen molar-refractivity contribution in [1.29, 1.82) is 0 Å². The van der Waals surface area contributed by atoms with Crippen molar-refractivity contribution in [3.63, 3.8) is 0 Å². The Balaban J connectivity index is 2.87. The molecule has 1 atom stereocenters. The van der Waals surface area contributed by atoms with E-state index in [9.17, 15) is 19.5 Å². The molecule has 0 aromatic heterocycles. The van der Waals surface area contributed by atoms with Crippen molar-refractivity contribution >= 4 is 17.5 Å². The largest absolute Gasteiger partial charge is 0.466 e. The van der Waals surface area contributed by atoms with Gasteiger partial charge in [-0.05, 0) is 25.5 Å². The molecule has 0 bridgehead atoms. The third-order valence-corrected chi connectivity index (χ3v) is 3.87. The molecule has 1 unspecified atom stereocenters. The van der Waals surface area contributed by atoms with Crippen LogP contribution in [-0.2, 0) is 19.1 Å². The number of esters is 1. The van der Waals surface area contributed by atoms with Crippen LogP contribution in [0.15, 0.2) is 11.6 Å². The molecule has 1 rings (SSSR count). The molecule has 112 valence electrons. The highest BCUT2D eigenvalue weighted by atomic mass is 16.5. The monoisotopic (exact) mass is 282 g/mol. The van der Waals surface area contributed by atoms with E-state index in [0.717, 1.165) is 0 Å². The molecular weight excluding hydrogens is 260 g/mol. The number of carbonyl (C=O) groups is 3. The predicted molar refractivity (Wildman–Crippen MR) is 73.0 cm³/mol. The van der Waals surface area contributed by atoms with Gasteiger partial charge in [0.1, 0.15) is 12.2 Å². The zero-order chi connectivity index (χ0) is 15.6. The second kappa shape index (κ2) is 5.87. The molecule has 0 saturated heterocycles. The van der Waals surface area contributed by atoms with E-state index in [1.807, 2.05) is 0 Å². The average molecular weight is 282 g/mol. The van der Waals surface area contributed by atoms with E-state index in [0.29, 0.717) is 5.57 Å². The molecule has 0 saturated carbocycles. The molecule has 0 fully saturated rings. The summed E-state index contributed by atoms with van der Waals surface area (Å²) in [5.74, 6) is -1.04. The first-order chi connectivity index (χ1) is 9.12. The first kappa shape index (κ1) is 16.6. The molecule has 5 heteroatoms. The summed E-state index contributed by atoms with van der Waals surface area (Å²) in [6.07, 6.45) is 1.01. The molecule has 0 amide bonds. The number of hydrogen-bond acceptors (Lipinski definition) is 5. The molecule has 0 heterocycles. The summed E-state index contributed by atoms with van der Waals surface area (Å²) in [5.41, 5.74) is -1.67. The second-order valence-electron chi connectivity index (χ2n) is 5.91. The molecule has 0 aliphatic heterocycles. The summed E-state index contributed by atoms with van der Waals surface area (Å²) in [5, 5.41) is 10.8. The van der Waals surface area contributed by atoms with Crippen LogP contribution in [0.3, 0.4) is 0 Å². The SMILES string of the molecule is CCOC(=O)CC(=O)CC1(O)C(C)=CC(=O)CC1(C)C. The fraction of sp³-hybridized carbons (Fsp3) is 0.667. The Bertz CT molecular complexity index is 461. The van der Waals surface area contributed by atoms with Gasteiger partial charge in [-0.25, -0.2) is 0 Å². The zero-order valence-corrected chi connectivity index (χ0v) is 12.5. The third-order valence-electron chi connectivity index (χ3n) is 3.87. The Hall–Kier alpha value is -1.49. The number of carbonyl (C=O) groups excluding carboxylic acids is 3. The van der Waals surface area contributed by atoms with Gasteiger partial charge in [0.15, 0.2) is 5.78 Å². The predicted octanol–water partition coefficient (Wildman–Crippen LogP) is 1.58. The fourth-order valence-corrected chi connectivity index (χ4v) is 2.63. The molecule has 5 nitrogen and oxygen atoms in total. The molecule has 20 heavy (non-hydrogen) atoms. The van der Waals surface area contributed by atoms with Crippen LogP contribution in [0.4, 0.5) is 0 Å².